The van der Waals surface area contributed by atoms with Gasteiger partial charge in [-0.15, -0.1) is 0 Å². The zero-order valence-electron chi connectivity index (χ0n) is 17.6. The minimum atomic E-state index is -4.39. The van der Waals surface area contributed by atoms with Gasteiger partial charge in [0.2, 0.25) is 0 Å². The Hall–Kier alpha value is -2.74. The summed E-state index contributed by atoms with van der Waals surface area (Å²) >= 11 is 0. The van der Waals surface area contributed by atoms with Gasteiger partial charge >= 0.3 is 12.3 Å². The van der Waals surface area contributed by atoms with Crippen LogP contribution in [0.15, 0.2) is 48.5 Å². The van der Waals surface area contributed by atoms with E-state index >= 15 is 0 Å². The number of ether oxygens (including phenoxy) is 1. The van der Waals surface area contributed by atoms with E-state index < -0.39 is 17.8 Å². The highest BCUT2D eigenvalue weighted by Gasteiger charge is 2.33. The maximum absolute atomic E-state index is 12.7. The van der Waals surface area contributed by atoms with E-state index in [1.165, 1.54) is 17.0 Å². The lowest BCUT2D eigenvalue weighted by molar-refractivity contribution is -0.137. The van der Waals surface area contributed by atoms with Crippen LogP contribution in [0.5, 0.6) is 11.5 Å². The summed E-state index contributed by atoms with van der Waals surface area (Å²) < 4.78 is 43.7. The van der Waals surface area contributed by atoms with Crippen molar-refractivity contribution in [3.05, 3.63) is 59.7 Å². The summed E-state index contributed by atoms with van der Waals surface area (Å²) in [6, 6.07) is 11.7. The summed E-state index contributed by atoms with van der Waals surface area (Å²) in [6.45, 7) is 6.06. The second kappa shape index (κ2) is 9.60. The Morgan fingerprint density at radius 1 is 1.03 bits per heavy atom. The molecule has 1 N–H and O–H groups in total. The third-order valence-corrected chi connectivity index (χ3v) is 5.80. The van der Waals surface area contributed by atoms with E-state index in [0.29, 0.717) is 37.2 Å². The number of carboxylic acid groups (broad SMARTS) is 1. The normalized spacial score (nSPS) is 17.7. The van der Waals surface area contributed by atoms with Crippen molar-refractivity contribution in [2.24, 2.45) is 0 Å². The van der Waals surface area contributed by atoms with E-state index in [-0.39, 0.29) is 6.04 Å². The first-order valence-electron chi connectivity index (χ1n) is 10.4. The van der Waals surface area contributed by atoms with Crippen molar-refractivity contribution >= 4 is 6.09 Å². The van der Waals surface area contributed by atoms with Crippen molar-refractivity contribution in [1.82, 2.24) is 9.80 Å². The smallest absolute Gasteiger partial charge is 0.416 e. The molecule has 5 nitrogen and oxygen atoms in total. The molecule has 1 fully saturated rings. The van der Waals surface area contributed by atoms with Crippen molar-refractivity contribution in [2.45, 2.75) is 44.9 Å². The molecular formula is C23H27F3N2O3. The third kappa shape index (κ3) is 5.50. The van der Waals surface area contributed by atoms with Crippen LogP contribution in [-0.2, 0) is 6.18 Å². The molecule has 0 aliphatic carbocycles. The van der Waals surface area contributed by atoms with Crippen LogP contribution in [0.4, 0.5) is 18.0 Å². The Kier molecular flexibility index (Phi) is 7.10. The largest absolute Gasteiger partial charge is 0.465 e. The zero-order valence-corrected chi connectivity index (χ0v) is 17.6. The molecule has 1 heterocycles. The fourth-order valence-electron chi connectivity index (χ4n) is 4.06. The number of rotatable bonds is 6. The molecule has 0 radical (unpaired) electrons. The second-order valence-corrected chi connectivity index (χ2v) is 7.65. The minimum absolute atomic E-state index is 0.285. The SMILES string of the molecule is CCC(CC)N1CCN(C(=O)O)C(c2ccc(Oc3ccc(C(F)(F)F)cc3)cc2)C1. The molecule has 0 spiro atoms. The number of amides is 1. The van der Waals surface area contributed by atoms with Crippen LogP contribution >= 0.6 is 0 Å². The Bertz CT molecular complexity index is 865. The monoisotopic (exact) mass is 436 g/mol. The van der Waals surface area contributed by atoms with Gasteiger partial charge in [-0.3, -0.25) is 9.80 Å². The molecule has 1 saturated heterocycles. The average molecular weight is 436 g/mol. The summed E-state index contributed by atoms with van der Waals surface area (Å²) in [6.07, 6.45) is -3.32. The fraction of sp³-hybridized carbons (Fsp3) is 0.435. The first kappa shape index (κ1) is 22.9. The molecule has 31 heavy (non-hydrogen) atoms. The third-order valence-electron chi connectivity index (χ3n) is 5.80. The molecule has 0 bridgehead atoms. The molecule has 0 aromatic heterocycles. The summed E-state index contributed by atoms with van der Waals surface area (Å²) in [5.41, 5.74) is 0.126. The van der Waals surface area contributed by atoms with Crippen molar-refractivity contribution in [1.29, 1.82) is 0 Å². The molecule has 1 unspecified atom stereocenters. The number of hydrogen-bond acceptors (Lipinski definition) is 3. The molecule has 1 amide bonds. The molecule has 2 aromatic rings. The van der Waals surface area contributed by atoms with Crippen molar-refractivity contribution in [3.8, 4) is 11.5 Å². The lowest BCUT2D eigenvalue weighted by Crippen LogP contribution is -2.53. The first-order chi connectivity index (χ1) is 14.7. The number of benzene rings is 2. The van der Waals surface area contributed by atoms with Gasteiger partial charge in [0.25, 0.3) is 0 Å². The van der Waals surface area contributed by atoms with Crippen molar-refractivity contribution in [2.75, 3.05) is 19.6 Å². The van der Waals surface area contributed by atoms with Gasteiger partial charge in [-0.2, -0.15) is 13.2 Å². The van der Waals surface area contributed by atoms with Gasteiger partial charge in [0.1, 0.15) is 11.5 Å². The first-order valence-corrected chi connectivity index (χ1v) is 10.4. The highest BCUT2D eigenvalue weighted by molar-refractivity contribution is 5.66. The minimum Gasteiger partial charge on any atom is -0.465 e. The van der Waals surface area contributed by atoms with Crippen LogP contribution in [0.1, 0.15) is 43.9 Å². The highest BCUT2D eigenvalue weighted by atomic mass is 19.4. The van der Waals surface area contributed by atoms with E-state index in [4.69, 9.17) is 4.74 Å². The Morgan fingerprint density at radius 3 is 2.06 bits per heavy atom. The fourth-order valence-corrected chi connectivity index (χ4v) is 4.06. The summed E-state index contributed by atoms with van der Waals surface area (Å²) in [5.74, 6) is 0.767. The molecule has 1 aliphatic heterocycles. The van der Waals surface area contributed by atoms with Crippen LogP contribution in [-0.4, -0.2) is 46.7 Å². The maximum Gasteiger partial charge on any atom is 0.416 e. The number of alkyl halides is 3. The Balaban J connectivity index is 1.74. The van der Waals surface area contributed by atoms with Crippen molar-refractivity contribution < 1.29 is 27.8 Å². The summed E-state index contributed by atoms with van der Waals surface area (Å²) in [7, 11) is 0. The topological polar surface area (TPSA) is 53.0 Å². The number of piperazine rings is 1. The molecule has 8 heteroatoms. The second-order valence-electron chi connectivity index (χ2n) is 7.65. The van der Waals surface area contributed by atoms with Gasteiger partial charge in [-0.05, 0) is 54.8 Å². The van der Waals surface area contributed by atoms with Crippen LogP contribution in [0.3, 0.4) is 0 Å². The van der Waals surface area contributed by atoms with E-state index in [1.807, 2.05) is 12.1 Å². The van der Waals surface area contributed by atoms with E-state index in [9.17, 15) is 23.1 Å². The number of halogens is 3. The quantitative estimate of drug-likeness (QED) is 0.601. The molecule has 1 atom stereocenters. The maximum atomic E-state index is 12.7. The molecule has 0 saturated carbocycles. The molecule has 1 aliphatic rings. The molecular weight excluding hydrogens is 409 g/mol. The number of hydrogen-bond donors (Lipinski definition) is 1. The van der Waals surface area contributed by atoms with Gasteiger partial charge in [0, 0.05) is 25.7 Å². The summed E-state index contributed by atoms with van der Waals surface area (Å²) in [5, 5.41) is 9.64. The molecule has 2 aromatic carbocycles. The van der Waals surface area contributed by atoms with Gasteiger partial charge in [-0.25, -0.2) is 4.79 Å². The van der Waals surface area contributed by atoms with Gasteiger partial charge in [0.05, 0.1) is 11.6 Å². The van der Waals surface area contributed by atoms with E-state index in [1.54, 1.807) is 12.1 Å². The average Bonchev–Trinajstić information content (AvgIpc) is 2.75. The van der Waals surface area contributed by atoms with Crippen molar-refractivity contribution in [3.63, 3.8) is 0 Å². The summed E-state index contributed by atoms with van der Waals surface area (Å²) in [4.78, 5) is 15.6. The van der Waals surface area contributed by atoms with Crippen LogP contribution in [0.2, 0.25) is 0 Å². The zero-order chi connectivity index (χ0) is 22.6. The van der Waals surface area contributed by atoms with E-state index in [2.05, 4.69) is 18.7 Å². The number of carbonyl (C=O) groups is 1. The Morgan fingerprint density at radius 2 is 1.58 bits per heavy atom. The predicted molar refractivity (Wildman–Crippen MR) is 111 cm³/mol. The standard InChI is InChI=1S/C23H27F3N2O3/c1-3-18(4-2)27-13-14-28(22(29)30)21(15-27)16-5-9-19(10-6-16)31-20-11-7-17(8-12-20)23(24,25)26/h5-12,18,21H,3-4,13-15H2,1-2H3,(H,29,30). The van der Waals surface area contributed by atoms with Gasteiger partial charge < -0.3 is 9.84 Å². The molecule has 168 valence electrons. The Labute approximate surface area is 180 Å². The lowest BCUT2D eigenvalue weighted by atomic mass is 10.00. The number of nitrogens with zero attached hydrogens (tertiary/aromatic N) is 2. The predicted octanol–water partition coefficient (Wildman–Crippen LogP) is 6.02. The van der Waals surface area contributed by atoms with Crippen LogP contribution in [0.25, 0.3) is 0 Å². The van der Waals surface area contributed by atoms with E-state index in [0.717, 1.165) is 30.5 Å². The van der Waals surface area contributed by atoms with Crippen LogP contribution in [0, 0.1) is 0 Å². The van der Waals surface area contributed by atoms with Crippen LogP contribution < -0.4 is 4.74 Å². The van der Waals surface area contributed by atoms with Gasteiger partial charge in [-0.1, -0.05) is 26.0 Å². The lowest BCUT2D eigenvalue weighted by Gasteiger charge is -2.43. The molecule has 3 rings (SSSR count). The highest BCUT2D eigenvalue weighted by Crippen LogP contribution is 2.33. The van der Waals surface area contributed by atoms with Gasteiger partial charge in [0.15, 0.2) is 0 Å².